The predicted molar refractivity (Wildman–Crippen MR) is 106 cm³/mol. The Bertz CT molecular complexity index is 901. The first-order chi connectivity index (χ1) is 13.0. The van der Waals surface area contributed by atoms with Crippen LogP contribution in [0.25, 0.3) is 0 Å². The van der Waals surface area contributed by atoms with E-state index in [-0.39, 0.29) is 10.9 Å². The van der Waals surface area contributed by atoms with Crippen LogP contribution in [0.5, 0.6) is 0 Å². The first-order valence-corrected chi connectivity index (χ1v) is 10.5. The highest BCUT2D eigenvalue weighted by molar-refractivity contribution is 7.89. The number of hydrogen-bond donors (Lipinski definition) is 1. The highest BCUT2D eigenvalue weighted by Crippen LogP contribution is 2.17. The van der Waals surface area contributed by atoms with E-state index in [4.69, 9.17) is 5.26 Å². The fraction of sp³-hybridized carbons (Fsp3) is 0.350. The van der Waals surface area contributed by atoms with Gasteiger partial charge in [-0.2, -0.15) is 5.26 Å². The van der Waals surface area contributed by atoms with Crippen LogP contribution in [0, 0.1) is 11.3 Å². The molecule has 0 unspecified atom stereocenters. The van der Waals surface area contributed by atoms with E-state index >= 15 is 0 Å². The topological polar surface area (TPSA) is 76.4 Å². The number of piperazine rings is 1. The van der Waals surface area contributed by atoms with Crippen molar-refractivity contribution in [2.45, 2.75) is 17.9 Å². The zero-order valence-electron chi connectivity index (χ0n) is 15.4. The monoisotopic (exact) mass is 384 g/mol. The highest BCUT2D eigenvalue weighted by atomic mass is 32.2. The summed E-state index contributed by atoms with van der Waals surface area (Å²) in [7, 11) is -3.62. The van der Waals surface area contributed by atoms with Gasteiger partial charge in [0.1, 0.15) is 0 Å². The van der Waals surface area contributed by atoms with E-state index in [1.807, 2.05) is 31.2 Å². The number of nitrogens with one attached hydrogen (secondary N) is 1. The molecule has 1 heterocycles. The Hall–Kier alpha value is -2.40. The van der Waals surface area contributed by atoms with E-state index in [0.717, 1.165) is 26.2 Å². The molecular formula is C20H24N4O2S. The Balaban J connectivity index is 1.54. The van der Waals surface area contributed by atoms with Crippen molar-refractivity contribution in [3.63, 3.8) is 0 Å². The first kappa shape index (κ1) is 19.4. The molecule has 0 bridgehead atoms. The van der Waals surface area contributed by atoms with Crippen LogP contribution in [0.3, 0.4) is 0 Å². The molecular weight excluding hydrogens is 360 g/mol. The summed E-state index contributed by atoms with van der Waals surface area (Å²) in [6.07, 6.45) is 0. The molecule has 0 saturated carbocycles. The molecule has 0 amide bonds. The molecule has 27 heavy (non-hydrogen) atoms. The summed E-state index contributed by atoms with van der Waals surface area (Å²) in [6, 6.07) is 18.5. The van der Waals surface area contributed by atoms with Crippen molar-refractivity contribution in [1.82, 2.24) is 9.62 Å². The van der Waals surface area contributed by atoms with Crippen LogP contribution >= 0.6 is 0 Å². The SMILES string of the molecule is C[C@@H](CNS(=O)(=O)c1cccc(C#N)c1)N1CCN(c2ccccc2)CC1. The molecule has 142 valence electrons. The van der Waals surface area contributed by atoms with E-state index in [0.29, 0.717) is 12.1 Å². The predicted octanol–water partition coefficient (Wildman–Crippen LogP) is 2.05. The number of benzene rings is 2. The van der Waals surface area contributed by atoms with Crippen LogP contribution in [0.15, 0.2) is 59.5 Å². The maximum Gasteiger partial charge on any atom is 0.240 e. The van der Waals surface area contributed by atoms with Crippen molar-refractivity contribution >= 4 is 15.7 Å². The van der Waals surface area contributed by atoms with Crippen LogP contribution < -0.4 is 9.62 Å². The maximum absolute atomic E-state index is 12.5. The molecule has 2 aromatic rings. The third kappa shape index (κ3) is 4.86. The number of para-hydroxylation sites is 1. The smallest absolute Gasteiger partial charge is 0.240 e. The Morgan fingerprint density at radius 2 is 1.78 bits per heavy atom. The fourth-order valence-corrected chi connectivity index (χ4v) is 4.40. The van der Waals surface area contributed by atoms with Crippen LogP contribution in [-0.2, 0) is 10.0 Å². The summed E-state index contributed by atoms with van der Waals surface area (Å²) < 4.78 is 27.6. The van der Waals surface area contributed by atoms with E-state index in [9.17, 15) is 8.42 Å². The number of nitrogens with zero attached hydrogens (tertiary/aromatic N) is 3. The zero-order chi connectivity index (χ0) is 19.3. The van der Waals surface area contributed by atoms with Gasteiger partial charge in [-0.05, 0) is 37.3 Å². The largest absolute Gasteiger partial charge is 0.369 e. The molecule has 0 aromatic heterocycles. The van der Waals surface area contributed by atoms with Crippen LogP contribution in [-0.4, -0.2) is 52.1 Å². The summed E-state index contributed by atoms with van der Waals surface area (Å²) in [5.74, 6) is 0. The van der Waals surface area contributed by atoms with E-state index in [1.165, 1.54) is 17.8 Å². The minimum absolute atomic E-state index is 0.0943. The number of anilines is 1. The lowest BCUT2D eigenvalue weighted by Gasteiger charge is -2.39. The average Bonchev–Trinajstić information content (AvgIpc) is 2.73. The zero-order valence-corrected chi connectivity index (χ0v) is 16.2. The molecule has 0 radical (unpaired) electrons. The molecule has 1 aliphatic heterocycles. The Kier molecular flexibility index (Phi) is 6.11. The van der Waals surface area contributed by atoms with Gasteiger partial charge in [-0.15, -0.1) is 0 Å². The summed E-state index contributed by atoms with van der Waals surface area (Å²) in [5, 5.41) is 8.94. The number of nitriles is 1. The van der Waals surface area contributed by atoms with Crippen molar-refractivity contribution in [1.29, 1.82) is 5.26 Å². The normalized spacial score (nSPS) is 16.7. The average molecular weight is 385 g/mol. The van der Waals surface area contributed by atoms with Gasteiger partial charge < -0.3 is 4.90 Å². The summed E-state index contributed by atoms with van der Waals surface area (Å²) in [4.78, 5) is 4.77. The van der Waals surface area contributed by atoms with Gasteiger partial charge in [-0.1, -0.05) is 24.3 Å². The van der Waals surface area contributed by atoms with Crippen molar-refractivity contribution < 1.29 is 8.42 Å². The second-order valence-electron chi connectivity index (χ2n) is 6.70. The van der Waals surface area contributed by atoms with Gasteiger partial charge in [0.2, 0.25) is 10.0 Å². The molecule has 3 rings (SSSR count). The Morgan fingerprint density at radius 3 is 2.44 bits per heavy atom. The van der Waals surface area contributed by atoms with E-state index < -0.39 is 10.0 Å². The molecule has 0 aliphatic carbocycles. The molecule has 2 aromatic carbocycles. The van der Waals surface area contributed by atoms with E-state index in [2.05, 4.69) is 26.7 Å². The van der Waals surface area contributed by atoms with Crippen molar-refractivity contribution in [3.8, 4) is 6.07 Å². The third-order valence-corrected chi connectivity index (χ3v) is 6.32. The van der Waals surface area contributed by atoms with Gasteiger partial charge in [0.05, 0.1) is 16.5 Å². The lowest BCUT2D eigenvalue weighted by molar-refractivity contribution is 0.198. The molecule has 0 spiro atoms. The van der Waals surface area contributed by atoms with Crippen LogP contribution in [0.1, 0.15) is 12.5 Å². The number of hydrogen-bond acceptors (Lipinski definition) is 5. The second-order valence-corrected chi connectivity index (χ2v) is 8.47. The lowest BCUT2D eigenvalue weighted by atomic mass is 10.2. The summed E-state index contributed by atoms with van der Waals surface area (Å²) in [5.41, 5.74) is 1.56. The van der Waals surface area contributed by atoms with Gasteiger partial charge in [0.25, 0.3) is 0 Å². The van der Waals surface area contributed by atoms with Crippen LogP contribution in [0.4, 0.5) is 5.69 Å². The molecule has 6 nitrogen and oxygen atoms in total. The van der Waals surface area contributed by atoms with Gasteiger partial charge in [0.15, 0.2) is 0 Å². The van der Waals surface area contributed by atoms with Crippen molar-refractivity contribution in [2.75, 3.05) is 37.6 Å². The third-order valence-electron chi connectivity index (χ3n) is 4.90. The fourth-order valence-electron chi connectivity index (χ4n) is 3.24. The van der Waals surface area contributed by atoms with Crippen molar-refractivity contribution in [3.05, 3.63) is 60.2 Å². The molecule has 1 N–H and O–H groups in total. The van der Waals surface area contributed by atoms with Gasteiger partial charge in [-0.3, -0.25) is 4.90 Å². The Morgan fingerprint density at radius 1 is 1.07 bits per heavy atom. The minimum Gasteiger partial charge on any atom is -0.369 e. The molecule has 7 heteroatoms. The summed E-state index contributed by atoms with van der Waals surface area (Å²) >= 11 is 0. The molecule has 1 fully saturated rings. The number of sulfonamides is 1. The lowest BCUT2D eigenvalue weighted by Crippen LogP contribution is -2.52. The van der Waals surface area contributed by atoms with Gasteiger partial charge >= 0.3 is 0 Å². The van der Waals surface area contributed by atoms with Gasteiger partial charge in [-0.25, -0.2) is 13.1 Å². The van der Waals surface area contributed by atoms with Crippen molar-refractivity contribution in [2.24, 2.45) is 0 Å². The first-order valence-electron chi connectivity index (χ1n) is 9.03. The summed E-state index contributed by atoms with van der Waals surface area (Å²) in [6.45, 7) is 6.00. The minimum atomic E-state index is -3.62. The Labute approximate surface area is 161 Å². The highest BCUT2D eigenvalue weighted by Gasteiger charge is 2.23. The molecule has 1 aliphatic rings. The molecule has 1 saturated heterocycles. The second kappa shape index (κ2) is 8.53. The quantitative estimate of drug-likeness (QED) is 0.825. The van der Waals surface area contributed by atoms with E-state index in [1.54, 1.807) is 12.1 Å². The van der Waals surface area contributed by atoms with Crippen LogP contribution in [0.2, 0.25) is 0 Å². The maximum atomic E-state index is 12.5. The standard InChI is InChI=1S/C20H24N4O2S/c1-17(16-22-27(25,26)20-9-5-6-18(14-20)15-21)23-10-12-24(13-11-23)19-7-3-2-4-8-19/h2-9,14,17,22H,10-13,16H2,1H3/t17-/m0/s1. The van der Waals surface area contributed by atoms with Gasteiger partial charge in [0, 0.05) is 44.5 Å². The number of rotatable bonds is 6. The molecule has 1 atom stereocenters.